The first-order valence-electron chi connectivity index (χ1n) is 8.35. The molecule has 2 atom stereocenters. The van der Waals surface area contributed by atoms with Gasteiger partial charge in [0.15, 0.2) is 0 Å². The second kappa shape index (κ2) is 4.60. The highest BCUT2D eigenvalue weighted by Crippen LogP contribution is 2.67. The fourth-order valence-corrected chi connectivity index (χ4v) is 4.56. The van der Waals surface area contributed by atoms with E-state index in [1.54, 1.807) is 5.56 Å². The summed E-state index contributed by atoms with van der Waals surface area (Å²) in [6, 6.07) is 13.2. The van der Waals surface area contributed by atoms with Crippen LogP contribution in [-0.4, -0.2) is 11.5 Å². The lowest BCUT2D eigenvalue weighted by Crippen LogP contribution is -2.50. The number of aromatic amines is 1. The molecule has 0 aliphatic heterocycles. The maximum atomic E-state index is 4.07. The highest BCUT2D eigenvalue weighted by atomic mass is 14.7. The zero-order valence-electron chi connectivity index (χ0n) is 13.7. The molecule has 114 valence electrons. The quantitative estimate of drug-likeness (QED) is 0.733. The van der Waals surface area contributed by atoms with E-state index in [4.69, 9.17) is 0 Å². The van der Waals surface area contributed by atoms with E-state index in [9.17, 15) is 0 Å². The zero-order chi connectivity index (χ0) is 15.5. The van der Waals surface area contributed by atoms with Gasteiger partial charge in [-0.1, -0.05) is 50.2 Å². The van der Waals surface area contributed by atoms with Crippen LogP contribution < -0.4 is 5.73 Å². The van der Waals surface area contributed by atoms with Crippen LogP contribution in [0.4, 0.5) is 0 Å². The van der Waals surface area contributed by atoms with Gasteiger partial charge < -0.3 is 10.7 Å². The van der Waals surface area contributed by atoms with E-state index in [0.29, 0.717) is 11.3 Å². The number of rotatable bonds is 3. The molecule has 0 unspecified atom stereocenters. The fraction of sp³-hybridized carbons (Fsp3) is 0.400. The molecule has 1 aliphatic rings. The van der Waals surface area contributed by atoms with Gasteiger partial charge in [-0.3, -0.25) is 0 Å². The lowest BCUT2D eigenvalue weighted by molar-refractivity contribution is -0.369. The van der Waals surface area contributed by atoms with Gasteiger partial charge in [0, 0.05) is 22.9 Å². The summed E-state index contributed by atoms with van der Waals surface area (Å²) in [7, 11) is 0. The zero-order valence-corrected chi connectivity index (χ0v) is 13.7. The summed E-state index contributed by atoms with van der Waals surface area (Å²) in [5.74, 6) is 1.44. The predicted octanol–water partition coefficient (Wildman–Crippen LogP) is 4.00. The SMILES string of the molecule is Cc1[nH]c2c(ccc3ccccc32)c1[C@H]1[C@@H](CC[NH3+])C1(C)C. The Kier molecular flexibility index (Phi) is 2.89. The highest BCUT2D eigenvalue weighted by molar-refractivity contribution is 6.07. The second-order valence-electron chi connectivity index (χ2n) is 7.42. The number of aromatic nitrogens is 1. The molecule has 0 radical (unpaired) electrons. The van der Waals surface area contributed by atoms with Crippen LogP contribution in [0, 0.1) is 18.3 Å². The molecular weight excluding hydrogens is 268 g/mol. The van der Waals surface area contributed by atoms with Crippen LogP contribution in [0.15, 0.2) is 36.4 Å². The minimum Gasteiger partial charge on any atom is -0.358 e. The molecule has 0 bridgehead atoms. The molecule has 22 heavy (non-hydrogen) atoms. The Morgan fingerprint density at radius 2 is 1.86 bits per heavy atom. The Balaban J connectivity index is 1.93. The number of nitrogens with one attached hydrogen (secondary N) is 1. The first-order chi connectivity index (χ1) is 10.6. The van der Waals surface area contributed by atoms with E-state index >= 15 is 0 Å². The van der Waals surface area contributed by atoms with Crippen molar-refractivity contribution in [3.8, 4) is 0 Å². The maximum Gasteiger partial charge on any atom is 0.0742 e. The van der Waals surface area contributed by atoms with Crippen molar-refractivity contribution in [1.82, 2.24) is 4.98 Å². The normalized spacial score (nSPS) is 23.3. The molecule has 1 heterocycles. The Hall–Kier alpha value is -1.80. The third kappa shape index (κ3) is 1.77. The monoisotopic (exact) mass is 293 g/mol. The fourth-order valence-electron chi connectivity index (χ4n) is 4.56. The Bertz CT molecular complexity index is 857. The summed E-state index contributed by atoms with van der Waals surface area (Å²) in [5.41, 5.74) is 8.67. The maximum absolute atomic E-state index is 4.07. The first-order valence-corrected chi connectivity index (χ1v) is 8.35. The smallest absolute Gasteiger partial charge is 0.0742 e. The standard InChI is InChI=1S/C20H24N2/c1-12-17(18-16(10-11-21)20(18,2)3)15-9-8-13-6-4-5-7-14(13)19(15)22-12/h4-9,16,18,22H,10-11,21H2,1-3H3/p+1/t16-,18-/m1/s1. The second-order valence-corrected chi connectivity index (χ2v) is 7.42. The molecular formula is C20H25N2+. The minimum absolute atomic E-state index is 0.406. The molecule has 4 N–H and O–H groups in total. The van der Waals surface area contributed by atoms with Crippen molar-refractivity contribution in [2.45, 2.75) is 33.1 Å². The van der Waals surface area contributed by atoms with Crippen molar-refractivity contribution in [1.29, 1.82) is 0 Å². The number of aryl methyl sites for hydroxylation is 1. The highest BCUT2D eigenvalue weighted by Gasteiger charge is 2.58. The molecule has 1 saturated carbocycles. The van der Waals surface area contributed by atoms with Crippen molar-refractivity contribution in [2.24, 2.45) is 11.3 Å². The number of H-pyrrole nitrogens is 1. The van der Waals surface area contributed by atoms with E-state index in [0.717, 1.165) is 12.5 Å². The van der Waals surface area contributed by atoms with Crippen molar-refractivity contribution in [2.75, 3.05) is 6.54 Å². The Labute approximate surface area is 131 Å². The van der Waals surface area contributed by atoms with Gasteiger partial charge in [-0.05, 0) is 35.1 Å². The van der Waals surface area contributed by atoms with Crippen LogP contribution >= 0.6 is 0 Å². The molecule has 2 aromatic carbocycles. The van der Waals surface area contributed by atoms with E-state index in [-0.39, 0.29) is 0 Å². The van der Waals surface area contributed by atoms with Crippen molar-refractivity contribution in [3.05, 3.63) is 47.7 Å². The molecule has 2 heteroatoms. The van der Waals surface area contributed by atoms with Gasteiger partial charge in [0.2, 0.25) is 0 Å². The number of quaternary nitrogens is 1. The van der Waals surface area contributed by atoms with Gasteiger partial charge in [0.05, 0.1) is 12.1 Å². The van der Waals surface area contributed by atoms with Gasteiger partial charge in [0.25, 0.3) is 0 Å². The predicted molar refractivity (Wildman–Crippen MR) is 92.9 cm³/mol. The third-order valence-corrected chi connectivity index (χ3v) is 5.81. The molecule has 3 aromatic rings. The molecule has 1 fully saturated rings. The summed E-state index contributed by atoms with van der Waals surface area (Å²) in [5, 5.41) is 4.06. The summed E-state index contributed by atoms with van der Waals surface area (Å²) >= 11 is 0. The van der Waals surface area contributed by atoms with E-state index in [2.05, 4.69) is 67.9 Å². The largest absolute Gasteiger partial charge is 0.358 e. The van der Waals surface area contributed by atoms with Gasteiger partial charge >= 0.3 is 0 Å². The lowest BCUT2D eigenvalue weighted by atomic mass is 9.98. The molecule has 1 aliphatic carbocycles. The van der Waals surface area contributed by atoms with Crippen LogP contribution in [0.2, 0.25) is 0 Å². The van der Waals surface area contributed by atoms with Gasteiger partial charge in [-0.25, -0.2) is 0 Å². The van der Waals surface area contributed by atoms with E-state index < -0.39 is 0 Å². The average Bonchev–Trinajstić information content (AvgIpc) is 2.87. The molecule has 0 spiro atoms. The van der Waals surface area contributed by atoms with Crippen molar-refractivity contribution in [3.63, 3.8) is 0 Å². The average molecular weight is 293 g/mol. The van der Waals surface area contributed by atoms with Crippen LogP contribution in [0.3, 0.4) is 0 Å². The number of hydrogen-bond donors (Lipinski definition) is 2. The first kappa shape index (κ1) is 13.8. The van der Waals surface area contributed by atoms with Crippen molar-refractivity contribution < 1.29 is 5.73 Å². The molecule has 1 aromatic heterocycles. The van der Waals surface area contributed by atoms with Gasteiger partial charge in [-0.2, -0.15) is 0 Å². The van der Waals surface area contributed by atoms with Crippen LogP contribution in [0.1, 0.15) is 37.4 Å². The third-order valence-electron chi connectivity index (χ3n) is 5.81. The summed E-state index contributed by atoms with van der Waals surface area (Å²) in [6.45, 7) is 8.10. The summed E-state index contributed by atoms with van der Waals surface area (Å²) in [6.07, 6.45) is 1.23. The van der Waals surface area contributed by atoms with Crippen LogP contribution in [0.25, 0.3) is 21.7 Å². The minimum atomic E-state index is 0.406. The van der Waals surface area contributed by atoms with E-state index in [1.165, 1.54) is 33.8 Å². The van der Waals surface area contributed by atoms with Crippen molar-refractivity contribution >= 4 is 21.7 Å². The lowest BCUT2D eigenvalue weighted by Gasteiger charge is -2.04. The van der Waals surface area contributed by atoms with Gasteiger partial charge in [-0.15, -0.1) is 0 Å². The van der Waals surface area contributed by atoms with Crippen LogP contribution in [-0.2, 0) is 0 Å². The van der Waals surface area contributed by atoms with E-state index in [1.807, 2.05) is 0 Å². The number of hydrogen-bond acceptors (Lipinski definition) is 0. The summed E-state index contributed by atoms with van der Waals surface area (Å²) < 4.78 is 0. The van der Waals surface area contributed by atoms with Gasteiger partial charge in [0.1, 0.15) is 0 Å². The molecule has 4 rings (SSSR count). The molecule has 0 amide bonds. The number of fused-ring (bicyclic) bond motifs is 3. The molecule has 0 saturated heterocycles. The molecule has 2 nitrogen and oxygen atoms in total. The summed E-state index contributed by atoms with van der Waals surface area (Å²) in [4.78, 5) is 3.68. The topological polar surface area (TPSA) is 43.4 Å². The Morgan fingerprint density at radius 3 is 2.64 bits per heavy atom. The van der Waals surface area contributed by atoms with Crippen LogP contribution in [0.5, 0.6) is 0 Å². The Morgan fingerprint density at radius 1 is 1.09 bits per heavy atom. The number of benzene rings is 2.